The third-order valence-corrected chi connectivity index (χ3v) is 3.33. The molecule has 0 heterocycles. The molecular formula is C15H23BrN2O2. The van der Waals surface area contributed by atoms with E-state index >= 15 is 0 Å². The van der Waals surface area contributed by atoms with Crippen LogP contribution in [-0.4, -0.2) is 38.1 Å². The molecule has 0 bridgehead atoms. The van der Waals surface area contributed by atoms with E-state index in [1.807, 2.05) is 18.2 Å². The zero-order valence-corrected chi connectivity index (χ0v) is 14.0. The molecule has 0 saturated heterocycles. The van der Waals surface area contributed by atoms with Gasteiger partial charge in [-0.2, -0.15) is 0 Å². The number of nitrogens with one attached hydrogen (secondary N) is 1. The molecule has 0 aliphatic carbocycles. The summed E-state index contributed by atoms with van der Waals surface area (Å²) in [5, 5.41) is 3.36. The summed E-state index contributed by atoms with van der Waals surface area (Å²) in [7, 11) is 3.50. The Hall–Kier alpha value is -1.07. The Morgan fingerprint density at radius 1 is 1.40 bits per heavy atom. The zero-order valence-electron chi connectivity index (χ0n) is 12.4. The van der Waals surface area contributed by atoms with Crippen LogP contribution in [0, 0.1) is 0 Å². The number of carbonyl (C=O) groups excluding carboxylic acids is 1. The number of halogens is 1. The van der Waals surface area contributed by atoms with Gasteiger partial charge in [0.2, 0.25) is 5.91 Å². The molecule has 20 heavy (non-hydrogen) atoms. The van der Waals surface area contributed by atoms with Crippen molar-refractivity contribution in [1.82, 2.24) is 10.2 Å². The van der Waals surface area contributed by atoms with Crippen LogP contribution in [-0.2, 0) is 11.3 Å². The number of nitrogens with zero attached hydrogens (tertiary/aromatic N) is 1. The minimum Gasteiger partial charge on any atom is -0.493 e. The third-order valence-electron chi connectivity index (χ3n) is 2.84. The van der Waals surface area contributed by atoms with Gasteiger partial charge in [-0.25, -0.2) is 0 Å². The predicted octanol–water partition coefficient (Wildman–Crippen LogP) is 2.81. The molecule has 112 valence electrons. The third kappa shape index (κ3) is 5.92. The Labute approximate surface area is 129 Å². The molecule has 0 fully saturated rings. The molecule has 0 radical (unpaired) electrons. The SMILES string of the molecule is CCCNCc1cc(Br)ccc1OCCC(=O)N(C)C. The predicted molar refractivity (Wildman–Crippen MR) is 84.9 cm³/mol. The minimum absolute atomic E-state index is 0.0766. The average molecular weight is 343 g/mol. The molecule has 4 nitrogen and oxygen atoms in total. The molecule has 0 unspecified atom stereocenters. The Morgan fingerprint density at radius 2 is 2.15 bits per heavy atom. The second-order valence-electron chi connectivity index (χ2n) is 4.82. The molecule has 0 aromatic heterocycles. The molecular weight excluding hydrogens is 320 g/mol. The minimum atomic E-state index is 0.0766. The van der Waals surface area contributed by atoms with Gasteiger partial charge in [-0.1, -0.05) is 22.9 Å². The fourth-order valence-electron chi connectivity index (χ4n) is 1.70. The van der Waals surface area contributed by atoms with Gasteiger partial charge >= 0.3 is 0 Å². The van der Waals surface area contributed by atoms with Crippen molar-refractivity contribution < 1.29 is 9.53 Å². The Bertz CT molecular complexity index is 436. The van der Waals surface area contributed by atoms with Gasteiger partial charge in [-0.15, -0.1) is 0 Å². The van der Waals surface area contributed by atoms with E-state index in [1.165, 1.54) is 0 Å². The molecule has 1 aromatic rings. The van der Waals surface area contributed by atoms with E-state index in [-0.39, 0.29) is 5.91 Å². The second-order valence-corrected chi connectivity index (χ2v) is 5.73. The molecule has 1 N–H and O–H groups in total. The normalized spacial score (nSPS) is 10.4. The molecule has 1 aromatic carbocycles. The lowest BCUT2D eigenvalue weighted by atomic mass is 10.2. The maximum atomic E-state index is 11.5. The molecule has 5 heteroatoms. The number of rotatable bonds is 8. The first-order valence-corrected chi connectivity index (χ1v) is 7.66. The standard InChI is InChI=1S/C15H23BrN2O2/c1-4-8-17-11-12-10-13(16)5-6-14(12)20-9-7-15(19)18(2)3/h5-6,10,17H,4,7-9,11H2,1-3H3. The van der Waals surface area contributed by atoms with Crippen molar-refractivity contribution in [3.63, 3.8) is 0 Å². The lowest BCUT2D eigenvalue weighted by molar-refractivity contribution is -0.129. The first-order chi connectivity index (χ1) is 9.54. The molecule has 0 aliphatic rings. The van der Waals surface area contributed by atoms with Crippen molar-refractivity contribution in [3.8, 4) is 5.75 Å². The van der Waals surface area contributed by atoms with Crippen molar-refractivity contribution in [2.24, 2.45) is 0 Å². The fraction of sp³-hybridized carbons (Fsp3) is 0.533. The maximum Gasteiger partial charge on any atom is 0.225 e. The average Bonchev–Trinajstić information content (AvgIpc) is 2.41. The van der Waals surface area contributed by atoms with E-state index in [0.717, 1.165) is 35.3 Å². The zero-order chi connectivity index (χ0) is 15.0. The van der Waals surface area contributed by atoms with Crippen LogP contribution in [0.5, 0.6) is 5.75 Å². The van der Waals surface area contributed by atoms with E-state index in [1.54, 1.807) is 19.0 Å². The summed E-state index contributed by atoms with van der Waals surface area (Å²) in [5.41, 5.74) is 1.10. The molecule has 0 saturated carbocycles. The lowest BCUT2D eigenvalue weighted by Crippen LogP contribution is -2.23. The van der Waals surface area contributed by atoms with Gasteiger partial charge in [0.25, 0.3) is 0 Å². The van der Waals surface area contributed by atoms with Gasteiger partial charge in [0.1, 0.15) is 5.75 Å². The van der Waals surface area contributed by atoms with Crippen molar-refractivity contribution in [2.45, 2.75) is 26.3 Å². The summed E-state index contributed by atoms with van der Waals surface area (Å²) < 4.78 is 6.77. The van der Waals surface area contributed by atoms with Gasteiger partial charge in [0.05, 0.1) is 13.0 Å². The number of hydrogen-bond acceptors (Lipinski definition) is 3. The molecule has 0 aliphatic heterocycles. The number of benzene rings is 1. The highest BCUT2D eigenvalue weighted by atomic mass is 79.9. The van der Waals surface area contributed by atoms with Gasteiger partial charge in [-0.3, -0.25) is 4.79 Å². The molecule has 0 atom stereocenters. The lowest BCUT2D eigenvalue weighted by Gasteiger charge is -2.14. The largest absolute Gasteiger partial charge is 0.493 e. The van der Waals surface area contributed by atoms with Gasteiger partial charge < -0.3 is 15.0 Å². The fourth-order valence-corrected chi connectivity index (χ4v) is 2.11. The second kappa shape index (κ2) is 8.97. The van der Waals surface area contributed by atoms with E-state index in [0.29, 0.717) is 13.0 Å². The van der Waals surface area contributed by atoms with Gasteiger partial charge in [0.15, 0.2) is 0 Å². The first-order valence-electron chi connectivity index (χ1n) is 6.86. The highest BCUT2D eigenvalue weighted by molar-refractivity contribution is 9.10. The van der Waals surface area contributed by atoms with E-state index < -0.39 is 0 Å². The van der Waals surface area contributed by atoms with Crippen LogP contribution in [0.4, 0.5) is 0 Å². The van der Waals surface area contributed by atoms with Crippen LogP contribution in [0.15, 0.2) is 22.7 Å². The van der Waals surface area contributed by atoms with E-state index in [9.17, 15) is 4.79 Å². The van der Waals surface area contributed by atoms with Gasteiger partial charge in [0, 0.05) is 30.7 Å². The van der Waals surface area contributed by atoms with Crippen molar-refractivity contribution in [3.05, 3.63) is 28.2 Å². The van der Waals surface area contributed by atoms with E-state index in [4.69, 9.17) is 4.74 Å². The van der Waals surface area contributed by atoms with Crippen molar-refractivity contribution >= 4 is 21.8 Å². The molecule has 1 rings (SSSR count). The summed E-state index contributed by atoms with van der Waals surface area (Å²) in [4.78, 5) is 13.1. The maximum absolute atomic E-state index is 11.5. The van der Waals surface area contributed by atoms with Crippen molar-refractivity contribution in [2.75, 3.05) is 27.2 Å². The van der Waals surface area contributed by atoms with Crippen LogP contribution in [0.1, 0.15) is 25.3 Å². The number of amides is 1. The van der Waals surface area contributed by atoms with Crippen molar-refractivity contribution in [1.29, 1.82) is 0 Å². The Kier molecular flexibility index (Phi) is 7.62. The van der Waals surface area contributed by atoms with Crippen LogP contribution >= 0.6 is 15.9 Å². The van der Waals surface area contributed by atoms with Crippen LogP contribution < -0.4 is 10.1 Å². The molecule has 0 spiro atoms. The smallest absolute Gasteiger partial charge is 0.225 e. The Morgan fingerprint density at radius 3 is 2.80 bits per heavy atom. The van der Waals surface area contributed by atoms with E-state index in [2.05, 4.69) is 28.2 Å². The monoisotopic (exact) mass is 342 g/mol. The van der Waals surface area contributed by atoms with Gasteiger partial charge in [-0.05, 0) is 31.2 Å². The number of carbonyl (C=O) groups is 1. The van der Waals surface area contributed by atoms with Crippen LogP contribution in [0.25, 0.3) is 0 Å². The number of hydrogen-bond donors (Lipinski definition) is 1. The summed E-state index contributed by atoms with van der Waals surface area (Å²) in [5.74, 6) is 0.913. The Balaban J connectivity index is 2.57. The summed E-state index contributed by atoms with van der Waals surface area (Å²) >= 11 is 3.47. The quantitative estimate of drug-likeness (QED) is 0.738. The number of ether oxygens (including phenoxy) is 1. The molecule has 1 amide bonds. The topological polar surface area (TPSA) is 41.6 Å². The summed E-state index contributed by atoms with van der Waals surface area (Å²) in [6.45, 7) is 4.28. The highest BCUT2D eigenvalue weighted by Crippen LogP contribution is 2.23. The van der Waals surface area contributed by atoms with Crippen LogP contribution in [0.3, 0.4) is 0 Å². The summed E-state index contributed by atoms with van der Waals surface area (Å²) in [6, 6.07) is 5.94. The highest BCUT2D eigenvalue weighted by Gasteiger charge is 2.07. The first kappa shape index (κ1) is 17.0. The van der Waals surface area contributed by atoms with Crippen LogP contribution in [0.2, 0.25) is 0 Å². The summed E-state index contributed by atoms with van der Waals surface area (Å²) in [6.07, 6.45) is 1.49.